The molecule has 1 aliphatic rings. The van der Waals surface area contributed by atoms with Crippen molar-refractivity contribution in [2.45, 2.75) is 37.8 Å². The minimum absolute atomic E-state index is 0.206. The lowest BCUT2D eigenvalue weighted by Crippen LogP contribution is -2.55. The smallest absolute Gasteiger partial charge is 0.331 e. The van der Waals surface area contributed by atoms with Crippen LogP contribution in [-0.2, 0) is 11.8 Å². The van der Waals surface area contributed by atoms with Crippen molar-refractivity contribution in [2.24, 2.45) is 7.05 Å². The minimum atomic E-state index is -1.11. The van der Waals surface area contributed by atoms with Crippen molar-refractivity contribution in [1.29, 1.82) is 0 Å². The van der Waals surface area contributed by atoms with E-state index in [2.05, 4.69) is 15.7 Å². The number of amides is 2. The van der Waals surface area contributed by atoms with Crippen molar-refractivity contribution in [3.63, 3.8) is 0 Å². The summed E-state index contributed by atoms with van der Waals surface area (Å²) in [6.45, 7) is 1.95. The number of aryl methyl sites for hydroxylation is 1. The van der Waals surface area contributed by atoms with Gasteiger partial charge < -0.3 is 15.7 Å². The third kappa shape index (κ3) is 3.04. The zero-order valence-electron chi connectivity index (χ0n) is 11.0. The maximum atomic E-state index is 11.8. The van der Waals surface area contributed by atoms with E-state index >= 15 is 0 Å². The van der Waals surface area contributed by atoms with Crippen LogP contribution in [0.1, 0.15) is 37.8 Å². The fraction of sp³-hybridized carbons (Fsp3) is 0.583. The molecule has 1 heterocycles. The highest BCUT2D eigenvalue weighted by molar-refractivity contribution is 5.83. The zero-order chi connectivity index (χ0) is 14.0. The summed E-state index contributed by atoms with van der Waals surface area (Å²) in [4.78, 5) is 23.0. The quantitative estimate of drug-likeness (QED) is 0.750. The normalized spacial score (nSPS) is 18.2. The number of hydrogen-bond donors (Lipinski definition) is 3. The van der Waals surface area contributed by atoms with E-state index in [0.717, 1.165) is 19.3 Å². The van der Waals surface area contributed by atoms with Crippen LogP contribution in [0.2, 0.25) is 0 Å². The Hall–Kier alpha value is -2.05. The number of aliphatic carboxylic acids is 1. The van der Waals surface area contributed by atoms with Gasteiger partial charge in [0.05, 0.1) is 6.20 Å². The molecule has 7 heteroatoms. The van der Waals surface area contributed by atoms with Gasteiger partial charge in [0.2, 0.25) is 0 Å². The molecule has 3 N–H and O–H groups in total. The second-order valence-electron chi connectivity index (χ2n) is 5.23. The van der Waals surface area contributed by atoms with Gasteiger partial charge in [0.15, 0.2) is 6.04 Å². The molecule has 2 rings (SSSR count). The lowest BCUT2D eigenvalue weighted by molar-refractivity contribution is -0.139. The molecule has 104 valence electrons. The van der Waals surface area contributed by atoms with Gasteiger partial charge in [0, 0.05) is 24.3 Å². The van der Waals surface area contributed by atoms with E-state index in [1.165, 1.54) is 10.9 Å². The van der Waals surface area contributed by atoms with Gasteiger partial charge in [0.25, 0.3) is 0 Å². The predicted molar refractivity (Wildman–Crippen MR) is 67.5 cm³/mol. The van der Waals surface area contributed by atoms with Crippen LogP contribution in [0.25, 0.3) is 0 Å². The van der Waals surface area contributed by atoms with Gasteiger partial charge in [-0.2, -0.15) is 5.10 Å². The first kappa shape index (κ1) is 13.4. The Morgan fingerprint density at radius 3 is 2.63 bits per heavy atom. The number of urea groups is 1. The molecule has 0 aliphatic heterocycles. The van der Waals surface area contributed by atoms with E-state index in [4.69, 9.17) is 0 Å². The van der Waals surface area contributed by atoms with Crippen molar-refractivity contribution >= 4 is 12.0 Å². The fourth-order valence-corrected chi connectivity index (χ4v) is 2.15. The van der Waals surface area contributed by atoms with Crippen molar-refractivity contribution in [2.75, 3.05) is 0 Å². The molecular formula is C12H18N4O3. The molecule has 0 spiro atoms. The number of carboxylic acids is 1. The van der Waals surface area contributed by atoms with Crippen molar-refractivity contribution < 1.29 is 14.7 Å². The van der Waals surface area contributed by atoms with E-state index in [9.17, 15) is 14.7 Å². The van der Waals surface area contributed by atoms with Gasteiger partial charge >= 0.3 is 12.0 Å². The summed E-state index contributed by atoms with van der Waals surface area (Å²) < 4.78 is 1.50. The van der Waals surface area contributed by atoms with Gasteiger partial charge in [-0.1, -0.05) is 0 Å². The van der Waals surface area contributed by atoms with Gasteiger partial charge in [-0.15, -0.1) is 0 Å². The minimum Gasteiger partial charge on any atom is -0.479 e. The zero-order valence-corrected chi connectivity index (χ0v) is 11.0. The molecule has 0 saturated heterocycles. The number of nitrogens with one attached hydrogen (secondary N) is 2. The summed E-state index contributed by atoms with van der Waals surface area (Å²) >= 11 is 0. The van der Waals surface area contributed by atoms with Crippen molar-refractivity contribution in [3.05, 3.63) is 18.0 Å². The van der Waals surface area contributed by atoms with Crippen LogP contribution in [0.4, 0.5) is 4.79 Å². The molecule has 1 fully saturated rings. The lowest BCUT2D eigenvalue weighted by atomic mass is 9.79. The van der Waals surface area contributed by atoms with E-state index in [-0.39, 0.29) is 5.54 Å². The number of carbonyl (C=O) groups is 2. The first-order chi connectivity index (χ1) is 8.89. The summed E-state index contributed by atoms with van der Waals surface area (Å²) in [6.07, 6.45) is 5.94. The predicted octanol–water partition coefficient (Wildman–Crippen LogP) is 0.788. The standard InChI is InChI=1S/C12H18N4O3/c1-12(4-3-5-12)15-11(19)14-9(10(17)18)8-6-13-16(2)7-8/h6-7,9H,3-5H2,1-2H3,(H,17,18)(H2,14,15,19). The van der Waals surface area contributed by atoms with E-state index in [0.29, 0.717) is 5.56 Å². The maximum absolute atomic E-state index is 11.8. The van der Waals surface area contributed by atoms with Gasteiger partial charge in [-0.05, 0) is 26.2 Å². The van der Waals surface area contributed by atoms with E-state index in [1.807, 2.05) is 6.92 Å². The molecule has 1 unspecified atom stereocenters. The van der Waals surface area contributed by atoms with Crippen LogP contribution >= 0.6 is 0 Å². The van der Waals surface area contributed by atoms with E-state index in [1.54, 1.807) is 13.2 Å². The van der Waals surface area contributed by atoms with Crippen LogP contribution in [0.5, 0.6) is 0 Å². The lowest BCUT2D eigenvalue weighted by Gasteiger charge is -2.39. The first-order valence-corrected chi connectivity index (χ1v) is 6.20. The molecule has 0 aromatic carbocycles. The summed E-state index contributed by atoms with van der Waals surface area (Å²) in [7, 11) is 1.69. The number of aromatic nitrogens is 2. The Morgan fingerprint density at radius 2 is 2.21 bits per heavy atom. The molecule has 1 aromatic rings. The number of carboxylic acid groups (broad SMARTS) is 1. The van der Waals surface area contributed by atoms with Crippen molar-refractivity contribution in [1.82, 2.24) is 20.4 Å². The van der Waals surface area contributed by atoms with Crippen LogP contribution in [-0.4, -0.2) is 32.4 Å². The van der Waals surface area contributed by atoms with Gasteiger partial charge in [0.1, 0.15) is 0 Å². The third-order valence-electron chi connectivity index (χ3n) is 3.45. The second kappa shape index (κ2) is 4.91. The van der Waals surface area contributed by atoms with E-state index < -0.39 is 18.0 Å². The highest BCUT2D eigenvalue weighted by Gasteiger charge is 2.34. The highest BCUT2D eigenvalue weighted by atomic mass is 16.4. The Labute approximate surface area is 111 Å². The highest BCUT2D eigenvalue weighted by Crippen LogP contribution is 2.30. The monoisotopic (exact) mass is 266 g/mol. The summed E-state index contributed by atoms with van der Waals surface area (Å²) in [6, 6.07) is -1.55. The van der Waals surface area contributed by atoms with Crippen LogP contribution < -0.4 is 10.6 Å². The number of carbonyl (C=O) groups excluding carboxylic acids is 1. The topological polar surface area (TPSA) is 96.2 Å². The molecule has 1 saturated carbocycles. The number of hydrogen-bond acceptors (Lipinski definition) is 3. The Morgan fingerprint density at radius 1 is 1.53 bits per heavy atom. The summed E-state index contributed by atoms with van der Waals surface area (Å²) in [5.41, 5.74) is 0.242. The van der Waals surface area contributed by atoms with Crippen LogP contribution in [0.3, 0.4) is 0 Å². The first-order valence-electron chi connectivity index (χ1n) is 6.20. The molecule has 2 amide bonds. The largest absolute Gasteiger partial charge is 0.479 e. The van der Waals surface area contributed by atoms with Gasteiger partial charge in [-0.25, -0.2) is 9.59 Å². The maximum Gasteiger partial charge on any atom is 0.331 e. The fourth-order valence-electron chi connectivity index (χ4n) is 2.15. The number of rotatable bonds is 4. The summed E-state index contributed by atoms with van der Waals surface area (Å²) in [5, 5.41) is 18.4. The Bertz CT molecular complexity index is 493. The Balaban J connectivity index is 2.01. The van der Waals surface area contributed by atoms with Crippen molar-refractivity contribution in [3.8, 4) is 0 Å². The SMILES string of the molecule is Cn1cc(C(NC(=O)NC2(C)CCC2)C(=O)O)cn1. The molecule has 0 radical (unpaired) electrons. The van der Waals surface area contributed by atoms with Crippen LogP contribution in [0.15, 0.2) is 12.4 Å². The molecule has 1 atom stereocenters. The molecular weight excluding hydrogens is 248 g/mol. The van der Waals surface area contributed by atoms with Gasteiger partial charge in [-0.3, -0.25) is 4.68 Å². The Kier molecular flexibility index (Phi) is 3.46. The average molecular weight is 266 g/mol. The van der Waals surface area contributed by atoms with Crippen LogP contribution in [0, 0.1) is 0 Å². The molecule has 7 nitrogen and oxygen atoms in total. The third-order valence-corrected chi connectivity index (χ3v) is 3.45. The molecule has 0 bridgehead atoms. The molecule has 19 heavy (non-hydrogen) atoms. The number of nitrogens with zero attached hydrogens (tertiary/aromatic N) is 2. The molecule has 1 aromatic heterocycles. The summed E-state index contributed by atoms with van der Waals surface area (Å²) in [5.74, 6) is -1.11. The molecule has 1 aliphatic carbocycles. The average Bonchev–Trinajstić information content (AvgIpc) is 2.70. The second-order valence-corrected chi connectivity index (χ2v) is 5.23.